The molecule has 1 fully saturated rings. The van der Waals surface area contributed by atoms with Gasteiger partial charge < -0.3 is 20.9 Å². The molecule has 3 N–H and O–H groups in total. The van der Waals surface area contributed by atoms with Crippen LogP contribution < -0.4 is 16.0 Å². The van der Waals surface area contributed by atoms with E-state index in [1.807, 2.05) is 29.9 Å². The number of piperidine rings is 1. The maximum atomic E-state index is 12.5. The fraction of sp³-hybridized carbons (Fsp3) is 0.292. The topological polar surface area (TPSA) is 86.4 Å². The van der Waals surface area contributed by atoms with Gasteiger partial charge in [-0.25, -0.2) is 4.79 Å². The van der Waals surface area contributed by atoms with Crippen LogP contribution >= 0.6 is 11.3 Å². The molecular formula is C24H27N5O2S. The predicted molar refractivity (Wildman–Crippen MR) is 128 cm³/mol. The Bertz CT molecular complexity index is 1020. The summed E-state index contributed by atoms with van der Waals surface area (Å²) in [6.07, 6.45) is 6.54. The summed E-state index contributed by atoms with van der Waals surface area (Å²) in [5.41, 5.74) is 2.58. The maximum absolute atomic E-state index is 12.5. The van der Waals surface area contributed by atoms with Crippen molar-refractivity contribution < 1.29 is 9.59 Å². The molecule has 0 radical (unpaired) electrons. The molecule has 0 unspecified atom stereocenters. The number of aromatic nitrogens is 1. The number of pyridine rings is 1. The SMILES string of the molecule is O=C(Nc1cccc(NC(=O)c2cccs2)c1)NC1CCN(CCc2ccncc2)CC1. The van der Waals surface area contributed by atoms with E-state index in [2.05, 4.69) is 38.0 Å². The quantitative estimate of drug-likeness (QED) is 0.504. The van der Waals surface area contributed by atoms with E-state index in [4.69, 9.17) is 0 Å². The van der Waals surface area contributed by atoms with Crippen LogP contribution in [0.1, 0.15) is 28.1 Å². The molecule has 0 spiro atoms. The first kappa shape index (κ1) is 22.0. The summed E-state index contributed by atoms with van der Waals surface area (Å²) >= 11 is 1.39. The fourth-order valence-corrected chi connectivity index (χ4v) is 4.38. The van der Waals surface area contributed by atoms with Crippen LogP contribution in [0, 0.1) is 0 Å². The average Bonchev–Trinajstić information content (AvgIpc) is 3.35. The van der Waals surface area contributed by atoms with Crippen molar-refractivity contribution in [2.45, 2.75) is 25.3 Å². The normalized spacial score (nSPS) is 14.6. The number of thiophene rings is 1. The molecule has 32 heavy (non-hydrogen) atoms. The Labute approximate surface area is 191 Å². The highest BCUT2D eigenvalue weighted by Gasteiger charge is 2.20. The number of hydrogen-bond acceptors (Lipinski definition) is 5. The Morgan fingerprint density at radius 1 is 1.00 bits per heavy atom. The Balaban J connectivity index is 1.20. The van der Waals surface area contributed by atoms with Crippen LogP contribution in [-0.4, -0.2) is 47.5 Å². The van der Waals surface area contributed by atoms with Crippen molar-refractivity contribution in [3.8, 4) is 0 Å². The van der Waals surface area contributed by atoms with Gasteiger partial charge in [0.15, 0.2) is 0 Å². The molecule has 0 bridgehead atoms. The second-order valence-corrected chi connectivity index (χ2v) is 8.78. The van der Waals surface area contributed by atoms with Crippen molar-refractivity contribution >= 4 is 34.6 Å². The summed E-state index contributed by atoms with van der Waals surface area (Å²) in [5.74, 6) is -0.155. The van der Waals surface area contributed by atoms with Crippen molar-refractivity contribution in [1.82, 2.24) is 15.2 Å². The highest BCUT2D eigenvalue weighted by Crippen LogP contribution is 2.18. The van der Waals surface area contributed by atoms with Crippen molar-refractivity contribution in [3.05, 3.63) is 76.7 Å². The molecule has 3 aromatic rings. The van der Waals surface area contributed by atoms with Crippen LogP contribution in [0.25, 0.3) is 0 Å². The van der Waals surface area contributed by atoms with Gasteiger partial charge >= 0.3 is 6.03 Å². The van der Waals surface area contributed by atoms with E-state index < -0.39 is 0 Å². The van der Waals surface area contributed by atoms with Crippen LogP contribution in [0.4, 0.5) is 16.2 Å². The number of hydrogen-bond donors (Lipinski definition) is 3. The molecule has 166 valence electrons. The highest BCUT2D eigenvalue weighted by molar-refractivity contribution is 7.12. The molecule has 1 saturated heterocycles. The fourth-order valence-electron chi connectivity index (χ4n) is 3.77. The molecule has 4 rings (SSSR count). The van der Waals surface area contributed by atoms with Crippen molar-refractivity contribution in [3.63, 3.8) is 0 Å². The van der Waals surface area contributed by atoms with Gasteiger partial charge in [0.25, 0.3) is 5.91 Å². The number of rotatable bonds is 7. The van der Waals surface area contributed by atoms with Crippen LogP contribution in [0.2, 0.25) is 0 Å². The zero-order valence-electron chi connectivity index (χ0n) is 17.8. The Morgan fingerprint density at radius 3 is 2.47 bits per heavy atom. The third-order valence-electron chi connectivity index (χ3n) is 5.51. The van der Waals surface area contributed by atoms with E-state index >= 15 is 0 Å². The number of anilines is 2. The number of urea groups is 1. The number of carbonyl (C=O) groups is 2. The maximum Gasteiger partial charge on any atom is 0.319 e. The van der Waals surface area contributed by atoms with Crippen molar-refractivity contribution in [2.24, 2.45) is 0 Å². The largest absolute Gasteiger partial charge is 0.335 e. The van der Waals surface area contributed by atoms with Gasteiger partial charge in [0.05, 0.1) is 4.88 Å². The standard InChI is InChI=1S/C24H27N5O2S/c30-23(22-5-2-16-32-22)26-20-3-1-4-21(17-20)28-24(31)27-19-9-14-29(15-10-19)13-8-18-6-11-25-12-7-18/h1-7,11-12,16-17,19H,8-10,13-15H2,(H,26,30)(H2,27,28,31). The van der Waals surface area contributed by atoms with Crippen LogP contribution in [0.5, 0.6) is 0 Å². The summed E-state index contributed by atoms with van der Waals surface area (Å²) in [7, 11) is 0. The van der Waals surface area contributed by atoms with Crippen molar-refractivity contribution in [1.29, 1.82) is 0 Å². The second-order valence-electron chi connectivity index (χ2n) is 7.83. The van der Waals surface area contributed by atoms with E-state index in [-0.39, 0.29) is 18.0 Å². The summed E-state index contributed by atoms with van der Waals surface area (Å²) in [5, 5.41) is 10.7. The Kier molecular flexibility index (Phi) is 7.47. The van der Waals surface area contributed by atoms with Gasteiger partial charge in [-0.2, -0.15) is 0 Å². The monoisotopic (exact) mass is 449 g/mol. The number of likely N-dealkylation sites (tertiary alicyclic amines) is 1. The number of carbonyl (C=O) groups excluding carboxylic acids is 2. The van der Waals surface area contributed by atoms with Gasteiger partial charge in [-0.15, -0.1) is 11.3 Å². The van der Waals surface area contributed by atoms with E-state index in [1.54, 1.807) is 24.3 Å². The minimum absolute atomic E-state index is 0.155. The van der Waals surface area contributed by atoms with Gasteiger partial charge in [0.1, 0.15) is 0 Å². The van der Waals surface area contributed by atoms with E-state index in [0.717, 1.165) is 38.9 Å². The third-order valence-corrected chi connectivity index (χ3v) is 6.38. The summed E-state index contributed by atoms with van der Waals surface area (Å²) in [4.78, 5) is 31.8. The van der Waals surface area contributed by atoms with Crippen LogP contribution in [0.3, 0.4) is 0 Å². The lowest BCUT2D eigenvalue weighted by molar-refractivity contribution is 0.103. The molecule has 7 nitrogen and oxygen atoms in total. The second kappa shape index (κ2) is 10.9. The number of amides is 3. The molecule has 8 heteroatoms. The molecule has 3 amide bonds. The van der Waals surface area contributed by atoms with Gasteiger partial charge in [-0.3, -0.25) is 9.78 Å². The van der Waals surface area contributed by atoms with Gasteiger partial charge in [-0.05, 0) is 66.6 Å². The molecule has 1 aliphatic rings. The average molecular weight is 450 g/mol. The zero-order chi connectivity index (χ0) is 22.2. The van der Waals surface area contributed by atoms with E-state index in [0.29, 0.717) is 16.3 Å². The molecular weight excluding hydrogens is 422 g/mol. The number of benzene rings is 1. The van der Waals surface area contributed by atoms with E-state index in [9.17, 15) is 9.59 Å². The summed E-state index contributed by atoms with van der Waals surface area (Å²) in [6.45, 7) is 2.97. The number of nitrogens with one attached hydrogen (secondary N) is 3. The first-order valence-electron chi connectivity index (χ1n) is 10.8. The van der Waals surface area contributed by atoms with Crippen LogP contribution in [0.15, 0.2) is 66.3 Å². The van der Waals surface area contributed by atoms with Crippen LogP contribution in [-0.2, 0) is 6.42 Å². The van der Waals surface area contributed by atoms with Gasteiger partial charge in [0.2, 0.25) is 0 Å². The lowest BCUT2D eigenvalue weighted by atomic mass is 10.0. The zero-order valence-corrected chi connectivity index (χ0v) is 18.6. The molecule has 1 aromatic carbocycles. The summed E-state index contributed by atoms with van der Waals surface area (Å²) < 4.78 is 0. The first-order chi connectivity index (χ1) is 15.7. The minimum Gasteiger partial charge on any atom is -0.335 e. The van der Waals surface area contributed by atoms with Gasteiger partial charge in [-0.1, -0.05) is 12.1 Å². The highest BCUT2D eigenvalue weighted by atomic mass is 32.1. The minimum atomic E-state index is -0.220. The van der Waals surface area contributed by atoms with Crippen molar-refractivity contribution in [2.75, 3.05) is 30.3 Å². The third kappa shape index (κ3) is 6.38. The number of nitrogens with zero attached hydrogens (tertiary/aromatic N) is 2. The molecule has 1 aliphatic heterocycles. The predicted octanol–water partition coefficient (Wildman–Crippen LogP) is 4.22. The molecule has 3 heterocycles. The smallest absolute Gasteiger partial charge is 0.319 e. The van der Waals surface area contributed by atoms with Gasteiger partial charge in [0, 0.05) is 49.4 Å². The molecule has 0 aliphatic carbocycles. The lowest BCUT2D eigenvalue weighted by Gasteiger charge is -2.32. The molecule has 2 aromatic heterocycles. The first-order valence-corrected chi connectivity index (χ1v) is 11.7. The lowest BCUT2D eigenvalue weighted by Crippen LogP contribution is -2.46. The Morgan fingerprint density at radius 2 is 1.75 bits per heavy atom. The molecule has 0 atom stereocenters. The van der Waals surface area contributed by atoms with E-state index in [1.165, 1.54) is 16.9 Å². The summed E-state index contributed by atoms with van der Waals surface area (Å²) in [6, 6.07) is 14.8. The Hall–Kier alpha value is -3.23. The molecule has 0 saturated carbocycles.